The Morgan fingerprint density at radius 1 is 1.56 bits per heavy atom. The summed E-state index contributed by atoms with van der Waals surface area (Å²) in [4.78, 5) is 15.5. The van der Waals surface area contributed by atoms with Gasteiger partial charge in [0.2, 0.25) is 0 Å². The Kier molecular flexibility index (Phi) is 2.83. The van der Waals surface area contributed by atoms with E-state index < -0.39 is 5.97 Å². The number of pyridine rings is 1. The van der Waals surface area contributed by atoms with Crippen LogP contribution in [0.15, 0.2) is 22.9 Å². The summed E-state index contributed by atoms with van der Waals surface area (Å²) in [5.41, 5.74) is 1.18. The topological polar surface area (TPSA) is 66.6 Å². The van der Waals surface area contributed by atoms with Crippen LogP contribution in [0.3, 0.4) is 0 Å². The van der Waals surface area contributed by atoms with Gasteiger partial charge in [0.25, 0.3) is 0 Å². The van der Waals surface area contributed by atoms with Gasteiger partial charge in [-0.25, -0.2) is 9.78 Å². The van der Waals surface area contributed by atoms with E-state index in [4.69, 9.17) is 5.11 Å². The maximum atomic E-state index is 11.0. The molecule has 0 aliphatic carbocycles. The van der Waals surface area contributed by atoms with Gasteiger partial charge in [0.15, 0.2) is 0 Å². The third-order valence-electron chi connectivity index (χ3n) is 3.29. The quantitative estimate of drug-likeness (QED) is 0.889. The Hall–Kier alpha value is -1.40. The van der Waals surface area contributed by atoms with E-state index in [1.807, 2.05) is 4.40 Å². The third-order valence-corrected chi connectivity index (χ3v) is 3.88. The molecule has 1 unspecified atom stereocenters. The van der Waals surface area contributed by atoms with Gasteiger partial charge in [-0.05, 0) is 41.0 Å². The zero-order chi connectivity index (χ0) is 12.7. The number of hydrogen-bond donors (Lipinski definition) is 2. The predicted octanol–water partition coefficient (Wildman–Crippen LogP) is 1.87. The molecule has 0 saturated carbocycles. The van der Waals surface area contributed by atoms with E-state index in [9.17, 15) is 4.79 Å². The lowest BCUT2D eigenvalue weighted by molar-refractivity contribution is 0.0696. The zero-order valence-corrected chi connectivity index (χ0v) is 11.1. The van der Waals surface area contributed by atoms with Crippen molar-refractivity contribution < 1.29 is 9.90 Å². The van der Waals surface area contributed by atoms with Gasteiger partial charge < -0.3 is 14.8 Å². The number of carbonyl (C=O) groups is 1. The summed E-state index contributed by atoms with van der Waals surface area (Å²) < 4.78 is 2.65. The summed E-state index contributed by atoms with van der Waals surface area (Å²) in [5, 5.41) is 12.3. The Labute approximate surface area is 112 Å². The number of nitrogens with one attached hydrogen (secondary N) is 1. The minimum atomic E-state index is -0.919. The monoisotopic (exact) mass is 309 g/mol. The first-order valence-corrected chi connectivity index (χ1v) is 6.57. The second-order valence-electron chi connectivity index (χ2n) is 4.43. The first kappa shape index (κ1) is 11.7. The first-order chi connectivity index (χ1) is 8.66. The van der Waals surface area contributed by atoms with Crippen LogP contribution in [0.2, 0.25) is 0 Å². The van der Waals surface area contributed by atoms with Crippen LogP contribution in [-0.2, 0) is 0 Å². The van der Waals surface area contributed by atoms with Crippen LogP contribution >= 0.6 is 15.9 Å². The number of carboxylic acids is 1. The van der Waals surface area contributed by atoms with Crippen molar-refractivity contribution in [3.05, 3.63) is 34.3 Å². The number of imidazole rings is 1. The number of aromatic carboxylic acids is 1. The number of fused-ring (bicyclic) bond motifs is 1. The molecule has 0 aromatic carbocycles. The fraction of sp³-hybridized carbons (Fsp3) is 0.333. The number of halogens is 1. The van der Waals surface area contributed by atoms with Gasteiger partial charge in [0, 0.05) is 18.7 Å². The van der Waals surface area contributed by atoms with Crippen molar-refractivity contribution in [3.63, 3.8) is 0 Å². The van der Waals surface area contributed by atoms with Gasteiger partial charge in [-0.2, -0.15) is 0 Å². The van der Waals surface area contributed by atoms with Gasteiger partial charge in [0.05, 0.1) is 11.1 Å². The predicted molar refractivity (Wildman–Crippen MR) is 70.1 cm³/mol. The maximum absolute atomic E-state index is 11.0. The Balaban J connectivity index is 2.18. The normalized spacial score (nSPS) is 19.5. The number of nitrogens with zero attached hydrogens (tertiary/aromatic N) is 2. The molecule has 6 heteroatoms. The van der Waals surface area contributed by atoms with E-state index in [1.165, 1.54) is 0 Å². The molecule has 1 fully saturated rings. The van der Waals surface area contributed by atoms with E-state index in [1.54, 1.807) is 18.3 Å². The summed E-state index contributed by atoms with van der Waals surface area (Å²) in [7, 11) is 0. The van der Waals surface area contributed by atoms with Crippen LogP contribution in [0.1, 0.15) is 28.5 Å². The highest BCUT2D eigenvalue weighted by molar-refractivity contribution is 9.10. The fourth-order valence-corrected chi connectivity index (χ4v) is 2.86. The SMILES string of the molecule is O=C(O)c1ccc2c(Br)nc(C3CCNC3)n2c1. The van der Waals surface area contributed by atoms with Crippen molar-refractivity contribution in [2.45, 2.75) is 12.3 Å². The van der Waals surface area contributed by atoms with Crippen LogP contribution in [0.4, 0.5) is 0 Å². The van der Waals surface area contributed by atoms with Crippen LogP contribution in [-0.4, -0.2) is 33.6 Å². The van der Waals surface area contributed by atoms with E-state index >= 15 is 0 Å². The van der Waals surface area contributed by atoms with Crippen molar-refractivity contribution in [2.24, 2.45) is 0 Å². The average Bonchev–Trinajstić information content (AvgIpc) is 2.97. The standard InChI is InChI=1S/C12H12BrN3O2/c13-10-9-2-1-8(12(17)18)6-16(9)11(15-10)7-3-4-14-5-7/h1-2,6-7,14H,3-5H2,(H,17,18). The smallest absolute Gasteiger partial charge is 0.337 e. The number of carboxylic acid groups (broad SMARTS) is 1. The van der Waals surface area contributed by atoms with Crippen molar-refractivity contribution in [2.75, 3.05) is 13.1 Å². The molecule has 94 valence electrons. The first-order valence-electron chi connectivity index (χ1n) is 5.78. The molecule has 3 heterocycles. The van der Waals surface area contributed by atoms with E-state index in [0.29, 0.717) is 5.92 Å². The summed E-state index contributed by atoms with van der Waals surface area (Å²) in [6.07, 6.45) is 2.67. The molecule has 0 spiro atoms. The molecule has 2 aromatic heterocycles. The van der Waals surface area contributed by atoms with Crippen molar-refractivity contribution >= 4 is 27.4 Å². The molecule has 2 aromatic rings. The van der Waals surface area contributed by atoms with E-state index in [-0.39, 0.29) is 5.56 Å². The molecule has 5 nitrogen and oxygen atoms in total. The lowest BCUT2D eigenvalue weighted by atomic mass is 10.1. The van der Waals surface area contributed by atoms with Crippen LogP contribution in [0.5, 0.6) is 0 Å². The Morgan fingerprint density at radius 3 is 3.06 bits per heavy atom. The lowest BCUT2D eigenvalue weighted by Crippen LogP contribution is -2.10. The molecule has 0 bridgehead atoms. The maximum Gasteiger partial charge on any atom is 0.337 e. The Morgan fingerprint density at radius 2 is 2.39 bits per heavy atom. The molecule has 1 saturated heterocycles. The van der Waals surface area contributed by atoms with Crippen molar-refractivity contribution in [1.82, 2.24) is 14.7 Å². The summed E-state index contributed by atoms with van der Waals surface area (Å²) >= 11 is 3.43. The van der Waals surface area contributed by atoms with E-state index in [2.05, 4.69) is 26.2 Å². The molecule has 0 radical (unpaired) electrons. The van der Waals surface area contributed by atoms with Crippen LogP contribution in [0.25, 0.3) is 5.52 Å². The molecule has 1 aliphatic heterocycles. The summed E-state index contributed by atoms with van der Waals surface area (Å²) in [5.74, 6) is 0.343. The number of rotatable bonds is 2. The van der Waals surface area contributed by atoms with Gasteiger partial charge in [-0.3, -0.25) is 0 Å². The lowest BCUT2D eigenvalue weighted by Gasteiger charge is -2.07. The van der Waals surface area contributed by atoms with Crippen LogP contribution < -0.4 is 5.32 Å². The molecule has 2 N–H and O–H groups in total. The molecule has 3 rings (SSSR count). The van der Waals surface area contributed by atoms with E-state index in [0.717, 1.165) is 35.5 Å². The third kappa shape index (κ3) is 1.81. The summed E-state index contributed by atoms with van der Waals surface area (Å²) in [6, 6.07) is 3.38. The van der Waals surface area contributed by atoms with Gasteiger partial charge in [-0.1, -0.05) is 0 Å². The second-order valence-corrected chi connectivity index (χ2v) is 5.18. The highest BCUT2D eigenvalue weighted by Crippen LogP contribution is 2.27. The second kappa shape index (κ2) is 4.37. The largest absolute Gasteiger partial charge is 0.478 e. The minimum Gasteiger partial charge on any atom is -0.478 e. The number of aromatic nitrogens is 2. The highest BCUT2D eigenvalue weighted by Gasteiger charge is 2.23. The zero-order valence-electron chi connectivity index (χ0n) is 9.56. The van der Waals surface area contributed by atoms with Crippen LogP contribution in [0, 0.1) is 0 Å². The molecule has 1 aliphatic rings. The molecular weight excluding hydrogens is 298 g/mol. The minimum absolute atomic E-state index is 0.277. The fourth-order valence-electron chi connectivity index (χ4n) is 2.36. The number of hydrogen-bond acceptors (Lipinski definition) is 3. The molecule has 0 amide bonds. The van der Waals surface area contributed by atoms with Crippen molar-refractivity contribution in [3.8, 4) is 0 Å². The Bertz CT molecular complexity index is 617. The molecule has 1 atom stereocenters. The van der Waals surface area contributed by atoms with Gasteiger partial charge in [0.1, 0.15) is 10.4 Å². The average molecular weight is 310 g/mol. The molecule has 18 heavy (non-hydrogen) atoms. The van der Waals surface area contributed by atoms with Gasteiger partial charge >= 0.3 is 5.97 Å². The van der Waals surface area contributed by atoms with Gasteiger partial charge in [-0.15, -0.1) is 0 Å². The highest BCUT2D eigenvalue weighted by atomic mass is 79.9. The molecular formula is C12H12BrN3O2. The summed E-state index contributed by atoms with van der Waals surface area (Å²) in [6.45, 7) is 1.87. The van der Waals surface area contributed by atoms with Crippen molar-refractivity contribution in [1.29, 1.82) is 0 Å².